The number of aliphatic hydroxyl groups is 1. The van der Waals surface area contributed by atoms with Crippen LogP contribution in [0, 0.1) is 19.7 Å². The second-order valence-electron chi connectivity index (χ2n) is 13.5. The molecule has 2 saturated heterocycles. The zero-order valence-corrected chi connectivity index (χ0v) is 29.4. The Bertz CT molecular complexity index is 1650. The number of hydrogen-bond acceptors (Lipinski definition) is 8. The maximum atomic E-state index is 13.9. The number of anilines is 1. The van der Waals surface area contributed by atoms with Crippen LogP contribution in [-0.2, 0) is 19.2 Å². The van der Waals surface area contributed by atoms with Crippen molar-refractivity contribution in [1.29, 1.82) is 0 Å². The van der Waals surface area contributed by atoms with Gasteiger partial charge < -0.3 is 41.2 Å². The van der Waals surface area contributed by atoms with Crippen molar-refractivity contribution in [3.05, 3.63) is 52.1 Å². The molecule has 3 aliphatic heterocycles. The van der Waals surface area contributed by atoms with Gasteiger partial charge in [-0.15, -0.1) is 0 Å². The maximum Gasteiger partial charge on any atom is 0.256 e. The maximum absolute atomic E-state index is 13.9. The Hall–Kier alpha value is -4.60. The molecule has 0 bridgehead atoms. The van der Waals surface area contributed by atoms with Gasteiger partial charge in [-0.1, -0.05) is 0 Å². The zero-order valence-electron chi connectivity index (χ0n) is 29.4. The first-order valence-electron chi connectivity index (χ1n) is 17.7. The summed E-state index contributed by atoms with van der Waals surface area (Å²) in [5.41, 5.74) is 3.92. The van der Waals surface area contributed by atoms with Crippen molar-refractivity contribution in [2.45, 2.75) is 52.1 Å². The lowest BCUT2D eigenvalue weighted by Gasteiger charge is -2.34. The average Bonchev–Trinajstić information content (AvgIpc) is 3.76. The van der Waals surface area contributed by atoms with Crippen molar-refractivity contribution in [3.8, 4) is 0 Å². The minimum absolute atomic E-state index is 0.0473. The molecule has 0 unspecified atom stereocenters. The summed E-state index contributed by atoms with van der Waals surface area (Å²) < 4.78 is 13.9. The van der Waals surface area contributed by atoms with Crippen LogP contribution in [0.15, 0.2) is 18.2 Å². The fourth-order valence-electron chi connectivity index (χ4n) is 6.71. The number of carbonyl (C=O) groups is 5. The van der Waals surface area contributed by atoms with Gasteiger partial charge in [-0.3, -0.25) is 28.9 Å². The van der Waals surface area contributed by atoms with Gasteiger partial charge >= 0.3 is 0 Å². The van der Waals surface area contributed by atoms with E-state index in [9.17, 15) is 33.5 Å². The molecule has 5 amide bonds. The molecule has 0 aliphatic carbocycles. The summed E-state index contributed by atoms with van der Waals surface area (Å²) in [4.78, 5) is 71.4. The van der Waals surface area contributed by atoms with E-state index in [2.05, 4.69) is 36.1 Å². The Morgan fingerprint density at radius 2 is 1.71 bits per heavy atom. The van der Waals surface area contributed by atoms with Gasteiger partial charge in [0.25, 0.3) is 11.8 Å². The summed E-state index contributed by atoms with van der Waals surface area (Å²) in [6, 6.07) is 4.15. The van der Waals surface area contributed by atoms with Gasteiger partial charge in [0.1, 0.15) is 5.82 Å². The number of amides is 5. The number of rotatable bonds is 15. The molecular weight excluding hydrogens is 659 g/mol. The average molecular weight is 709 g/mol. The first kappa shape index (κ1) is 37.7. The molecular formula is C36H49FN8O6. The third-order valence-corrected chi connectivity index (χ3v) is 9.63. The summed E-state index contributed by atoms with van der Waals surface area (Å²) in [5.74, 6) is -1.39. The molecule has 0 spiro atoms. The van der Waals surface area contributed by atoms with E-state index in [0.29, 0.717) is 91.3 Å². The fraction of sp³-hybridized carbons (Fsp3) is 0.528. The number of benzene rings is 1. The Balaban J connectivity index is 0.927. The van der Waals surface area contributed by atoms with E-state index in [1.54, 1.807) is 11.0 Å². The van der Waals surface area contributed by atoms with Gasteiger partial charge in [0, 0.05) is 81.4 Å². The summed E-state index contributed by atoms with van der Waals surface area (Å²) in [5, 5.41) is 20.8. The number of β-amino-alcohol motifs (C(OH)–C–C–N with tert-alkyl or cyclic N) is 1. The molecule has 15 heteroatoms. The summed E-state index contributed by atoms with van der Waals surface area (Å²) in [6.45, 7) is 9.70. The minimum atomic E-state index is -0.485. The second kappa shape index (κ2) is 17.6. The highest BCUT2D eigenvalue weighted by Gasteiger charge is 2.27. The van der Waals surface area contributed by atoms with Gasteiger partial charge in [0.15, 0.2) is 0 Å². The standard InChI is InChI=1S/C36H49FN8O6/c1-23-30(19-28-27-18-25(37)7-8-29(27)42-35(28)50)41-24(2)34(23)36(51)39-11-5-12-43-14-16-44(17-15-43)22-32(48)38-10-4-3-6-31(47)40-20-33(49)45-13-9-26(46)21-45/h7-8,18-19,26,41,46H,3-6,9-17,20-22H2,1-2H3,(H,38,48)(H,39,51)(H,40,47)(H,42,50)/b28-19-/t26-/m1/s1. The van der Waals surface area contributed by atoms with E-state index < -0.39 is 11.9 Å². The molecule has 3 aliphatic rings. The highest BCUT2D eigenvalue weighted by atomic mass is 19.1. The van der Waals surface area contributed by atoms with Crippen LogP contribution in [-0.4, -0.2) is 132 Å². The van der Waals surface area contributed by atoms with Gasteiger partial charge in [-0.05, 0) is 75.9 Å². The smallest absolute Gasteiger partial charge is 0.256 e. The molecule has 2 aromatic rings. The number of hydrogen-bond donors (Lipinski definition) is 6. The molecule has 276 valence electrons. The van der Waals surface area contributed by atoms with Crippen LogP contribution in [0.25, 0.3) is 11.6 Å². The Labute approximate surface area is 297 Å². The number of aromatic amines is 1. The number of carbonyl (C=O) groups excluding carboxylic acids is 5. The van der Waals surface area contributed by atoms with Crippen molar-refractivity contribution in [2.75, 3.05) is 77.3 Å². The Morgan fingerprint density at radius 1 is 0.961 bits per heavy atom. The van der Waals surface area contributed by atoms with Crippen LogP contribution in [0.4, 0.5) is 10.1 Å². The molecule has 0 radical (unpaired) electrons. The molecule has 4 heterocycles. The number of nitrogens with zero attached hydrogens (tertiary/aromatic N) is 3. The van der Waals surface area contributed by atoms with Crippen molar-refractivity contribution < 1.29 is 33.5 Å². The fourth-order valence-corrected chi connectivity index (χ4v) is 6.71. The summed E-state index contributed by atoms with van der Waals surface area (Å²) >= 11 is 0. The van der Waals surface area contributed by atoms with E-state index in [1.807, 2.05) is 13.8 Å². The van der Waals surface area contributed by atoms with Crippen LogP contribution in [0.1, 0.15) is 65.0 Å². The molecule has 1 atom stereocenters. The van der Waals surface area contributed by atoms with Crippen molar-refractivity contribution in [2.24, 2.45) is 0 Å². The van der Waals surface area contributed by atoms with Gasteiger partial charge in [-0.2, -0.15) is 0 Å². The van der Waals surface area contributed by atoms with Crippen LogP contribution in [0.2, 0.25) is 0 Å². The number of unbranched alkanes of at least 4 members (excludes halogenated alkanes) is 1. The summed E-state index contributed by atoms with van der Waals surface area (Å²) in [6.07, 6.45) is 4.05. The lowest BCUT2D eigenvalue weighted by atomic mass is 10.0. The van der Waals surface area contributed by atoms with Gasteiger partial charge in [0.2, 0.25) is 17.7 Å². The highest BCUT2D eigenvalue weighted by molar-refractivity contribution is 6.35. The van der Waals surface area contributed by atoms with Crippen LogP contribution in [0.3, 0.4) is 0 Å². The lowest BCUT2D eigenvalue weighted by molar-refractivity contribution is -0.132. The normalized spacial score (nSPS) is 18.5. The molecule has 14 nitrogen and oxygen atoms in total. The van der Waals surface area contributed by atoms with Crippen molar-refractivity contribution in [1.82, 2.24) is 35.6 Å². The predicted octanol–water partition coefficient (Wildman–Crippen LogP) is 0.997. The van der Waals surface area contributed by atoms with Crippen molar-refractivity contribution >= 4 is 46.9 Å². The number of likely N-dealkylation sites (tertiary alicyclic amines) is 1. The van der Waals surface area contributed by atoms with Crippen LogP contribution >= 0.6 is 0 Å². The predicted molar refractivity (Wildman–Crippen MR) is 190 cm³/mol. The third kappa shape index (κ3) is 10.2. The largest absolute Gasteiger partial charge is 0.391 e. The van der Waals surface area contributed by atoms with E-state index in [1.165, 1.54) is 18.2 Å². The molecule has 2 fully saturated rings. The SMILES string of the molecule is Cc1[nH]c(/C=C2\C(=O)Nc3ccc(F)cc32)c(C)c1C(=O)NCCCN1CCN(CC(=O)NCCCCC(=O)NCC(=O)N2CC[C@@H](O)C2)CC1. The summed E-state index contributed by atoms with van der Waals surface area (Å²) in [7, 11) is 0. The quantitative estimate of drug-likeness (QED) is 0.117. The number of aliphatic hydroxyl groups excluding tert-OH is 1. The van der Waals surface area contributed by atoms with E-state index in [-0.39, 0.29) is 42.5 Å². The molecule has 5 rings (SSSR count). The first-order chi connectivity index (χ1) is 24.5. The molecule has 51 heavy (non-hydrogen) atoms. The zero-order chi connectivity index (χ0) is 36.5. The first-order valence-corrected chi connectivity index (χ1v) is 17.7. The Kier molecular flexibility index (Phi) is 13.0. The second-order valence-corrected chi connectivity index (χ2v) is 13.5. The van der Waals surface area contributed by atoms with Crippen molar-refractivity contribution in [3.63, 3.8) is 0 Å². The van der Waals surface area contributed by atoms with E-state index >= 15 is 0 Å². The highest BCUT2D eigenvalue weighted by Crippen LogP contribution is 2.34. The van der Waals surface area contributed by atoms with Crippen LogP contribution in [0.5, 0.6) is 0 Å². The topological polar surface area (TPSA) is 179 Å². The number of aromatic nitrogens is 1. The molecule has 1 aromatic heterocycles. The van der Waals surface area contributed by atoms with E-state index in [0.717, 1.165) is 39.1 Å². The van der Waals surface area contributed by atoms with Crippen LogP contribution < -0.4 is 21.3 Å². The monoisotopic (exact) mass is 708 g/mol. The molecule has 6 N–H and O–H groups in total. The number of fused-ring (bicyclic) bond motifs is 1. The van der Waals surface area contributed by atoms with E-state index in [4.69, 9.17) is 0 Å². The molecule has 1 aromatic carbocycles. The Morgan fingerprint density at radius 3 is 2.45 bits per heavy atom. The van der Waals surface area contributed by atoms with Gasteiger partial charge in [-0.25, -0.2) is 4.39 Å². The number of aryl methyl sites for hydroxylation is 1. The number of H-pyrrole nitrogens is 1. The number of piperazine rings is 1. The van der Waals surface area contributed by atoms with Gasteiger partial charge in [0.05, 0.1) is 30.3 Å². The minimum Gasteiger partial charge on any atom is -0.391 e. The molecule has 0 saturated carbocycles. The number of halogens is 1. The lowest BCUT2D eigenvalue weighted by Crippen LogP contribution is -2.49. The number of nitrogens with one attached hydrogen (secondary N) is 5. The third-order valence-electron chi connectivity index (χ3n) is 9.63.